The Bertz CT molecular complexity index is 773. The lowest BCUT2D eigenvalue weighted by atomic mass is 10.2. The first kappa shape index (κ1) is 19.9. The molecule has 0 aliphatic heterocycles. The van der Waals surface area contributed by atoms with Crippen molar-refractivity contribution >= 4 is 33.5 Å². The molecule has 0 saturated heterocycles. The van der Waals surface area contributed by atoms with Gasteiger partial charge < -0.3 is 9.64 Å². The van der Waals surface area contributed by atoms with Crippen LogP contribution in [0.25, 0.3) is 0 Å². The quantitative estimate of drug-likeness (QED) is 0.706. The molecule has 0 fully saturated rings. The first-order valence-electron chi connectivity index (χ1n) is 6.74. The van der Waals surface area contributed by atoms with Crippen molar-refractivity contribution in [3.63, 3.8) is 0 Å². The maximum Gasteiger partial charge on any atom is 0.340 e. The molecule has 0 heterocycles. The van der Waals surface area contributed by atoms with E-state index in [0.717, 1.165) is 6.07 Å². The van der Waals surface area contributed by atoms with Crippen molar-refractivity contribution in [3.8, 4) is 6.07 Å². The highest BCUT2D eigenvalue weighted by Crippen LogP contribution is 2.21. The van der Waals surface area contributed by atoms with Crippen molar-refractivity contribution in [2.45, 2.75) is 11.3 Å². The molecule has 1 aromatic carbocycles. The standard InChI is InChI=1S/C14H16ClN3O5S/c1-17-24(21,22)10-4-5-12(15)11(8-10)14(20)23-9-13(19)18(2)7-3-6-16/h4-5,8,17H,3,7,9H2,1-2H3. The monoisotopic (exact) mass is 373 g/mol. The fraction of sp³-hybridized carbons (Fsp3) is 0.357. The summed E-state index contributed by atoms with van der Waals surface area (Å²) in [4.78, 5) is 24.9. The first-order chi connectivity index (χ1) is 11.2. The van der Waals surface area contributed by atoms with E-state index in [4.69, 9.17) is 21.6 Å². The lowest BCUT2D eigenvalue weighted by Gasteiger charge is -2.15. The first-order valence-corrected chi connectivity index (χ1v) is 8.60. The van der Waals surface area contributed by atoms with Gasteiger partial charge in [0.2, 0.25) is 10.0 Å². The van der Waals surface area contributed by atoms with Gasteiger partial charge in [-0.1, -0.05) is 11.6 Å². The van der Waals surface area contributed by atoms with Crippen LogP contribution in [-0.4, -0.2) is 52.4 Å². The molecule has 1 aromatic rings. The Kier molecular flexibility index (Phi) is 7.16. The summed E-state index contributed by atoms with van der Waals surface area (Å²) in [5.74, 6) is -1.41. The summed E-state index contributed by atoms with van der Waals surface area (Å²) < 4.78 is 30.5. The second kappa shape index (κ2) is 8.63. The zero-order valence-corrected chi connectivity index (χ0v) is 14.6. The summed E-state index contributed by atoms with van der Waals surface area (Å²) >= 11 is 5.88. The van der Waals surface area contributed by atoms with Crippen molar-refractivity contribution in [1.29, 1.82) is 5.26 Å². The molecule has 24 heavy (non-hydrogen) atoms. The van der Waals surface area contributed by atoms with Gasteiger partial charge in [0.25, 0.3) is 5.91 Å². The summed E-state index contributed by atoms with van der Waals surface area (Å²) in [6.45, 7) is -0.330. The van der Waals surface area contributed by atoms with Gasteiger partial charge in [-0.3, -0.25) is 4.79 Å². The highest BCUT2D eigenvalue weighted by Gasteiger charge is 2.19. The number of esters is 1. The third kappa shape index (κ3) is 5.19. The van der Waals surface area contributed by atoms with Crippen molar-refractivity contribution in [1.82, 2.24) is 9.62 Å². The van der Waals surface area contributed by atoms with E-state index in [2.05, 4.69) is 4.72 Å². The smallest absolute Gasteiger partial charge is 0.340 e. The molecule has 0 radical (unpaired) electrons. The Hall–Kier alpha value is -2.15. The molecule has 0 aromatic heterocycles. The number of nitrogens with zero attached hydrogens (tertiary/aromatic N) is 2. The summed E-state index contributed by atoms with van der Waals surface area (Å²) in [6, 6.07) is 5.46. The molecule has 0 aliphatic rings. The van der Waals surface area contributed by atoms with E-state index >= 15 is 0 Å². The summed E-state index contributed by atoms with van der Waals surface area (Å²) in [7, 11) is -1.04. The van der Waals surface area contributed by atoms with Crippen molar-refractivity contribution in [3.05, 3.63) is 28.8 Å². The Morgan fingerprint density at radius 2 is 2.08 bits per heavy atom. The summed E-state index contributed by atoms with van der Waals surface area (Å²) in [6.07, 6.45) is 0.159. The number of ether oxygens (including phenoxy) is 1. The predicted octanol–water partition coefficient (Wildman–Crippen LogP) is 0.777. The highest BCUT2D eigenvalue weighted by molar-refractivity contribution is 7.89. The lowest BCUT2D eigenvalue weighted by Crippen LogP contribution is -2.32. The Morgan fingerprint density at radius 3 is 2.67 bits per heavy atom. The van der Waals surface area contributed by atoms with E-state index in [1.807, 2.05) is 6.07 Å². The number of halogens is 1. The van der Waals surface area contributed by atoms with E-state index in [-0.39, 0.29) is 28.4 Å². The fourth-order valence-corrected chi connectivity index (χ4v) is 2.55. The van der Waals surface area contributed by atoms with Crippen LogP contribution in [0.4, 0.5) is 0 Å². The van der Waals surface area contributed by atoms with Crippen molar-refractivity contribution in [2.75, 3.05) is 27.2 Å². The number of hydrogen-bond acceptors (Lipinski definition) is 6. The third-order valence-corrected chi connectivity index (χ3v) is 4.79. The molecule has 130 valence electrons. The number of nitriles is 1. The lowest BCUT2D eigenvalue weighted by molar-refractivity contribution is -0.133. The molecular formula is C14H16ClN3O5S. The Labute approximate surface area is 145 Å². The van der Waals surface area contributed by atoms with Gasteiger partial charge in [0.1, 0.15) is 0 Å². The largest absolute Gasteiger partial charge is 0.452 e. The molecule has 0 spiro atoms. The summed E-state index contributed by atoms with van der Waals surface area (Å²) in [5.41, 5.74) is -0.166. The van der Waals surface area contributed by atoms with Gasteiger partial charge in [-0.25, -0.2) is 17.9 Å². The number of nitrogens with one attached hydrogen (secondary N) is 1. The molecule has 0 aliphatic carbocycles. The van der Waals surface area contributed by atoms with Crippen LogP contribution in [-0.2, 0) is 19.6 Å². The molecule has 1 rings (SSSR count). The Balaban J connectivity index is 2.84. The molecule has 0 saturated carbocycles. The number of carbonyl (C=O) groups is 2. The second-order valence-corrected chi connectivity index (χ2v) is 6.94. The summed E-state index contributed by atoms with van der Waals surface area (Å²) in [5, 5.41) is 8.46. The van der Waals surface area contributed by atoms with Crippen LogP contribution in [0.1, 0.15) is 16.8 Å². The average Bonchev–Trinajstić information content (AvgIpc) is 2.57. The number of amides is 1. The van der Waals surface area contributed by atoms with Gasteiger partial charge >= 0.3 is 5.97 Å². The van der Waals surface area contributed by atoms with Crippen LogP contribution in [0.3, 0.4) is 0 Å². The SMILES string of the molecule is CNS(=O)(=O)c1ccc(Cl)c(C(=O)OCC(=O)N(C)CCC#N)c1. The van der Waals surface area contributed by atoms with Crippen LogP contribution in [0, 0.1) is 11.3 Å². The van der Waals surface area contributed by atoms with Crippen LogP contribution < -0.4 is 4.72 Å². The molecule has 0 bridgehead atoms. The molecular weight excluding hydrogens is 358 g/mol. The number of rotatable bonds is 7. The van der Waals surface area contributed by atoms with Gasteiger partial charge in [0, 0.05) is 13.6 Å². The average molecular weight is 374 g/mol. The molecule has 0 atom stereocenters. The minimum atomic E-state index is -3.75. The number of hydrogen-bond donors (Lipinski definition) is 1. The van der Waals surface area contributed by atoms with Gasteiger partial charge in [-0.2, -0.15) is 5.26 Å². The van der Waals surface area contributed by atoms with Gasteiger partial charge in [0.15, 0.2) is 6.61 Å². The maximum atomic E-state index is 12.0. The van der Waals surface area contributed by atoms with Crippen LogP contribution in [0.15, 0.2) is 23.1 Å². The van der Waals surface area contributed by atoms with E-state index < -0.39 is 28.5 Å². The van der Waals surface area contributed by atoms with E-state index in [0.29, 0.717) is 0 Å². The molecule has 0 unspecified atom stereocenters. The molecule has 8 nitrogen and oxygen atoms in total. The maximum absolute atomic E-state index is 12.0. The zero-order chi connectivity index (χ0) is 18.3. The topological polar surface area (TPSA) is 117 Å². The van der Waals surface area contributed by atoms with Crippen LogP contribution >= 0.6 is 11.6 Å². The highest BCUT2D eigenvalue weighted by atomic mass is 35.5. The van der Waals surface area contributed by atoms with Gasteiger partial charge in [-0.15, -0.1) is 0 Å². The third-order valence-electron chi connectivity index (χ3n) is 3.05. The number of benzene rings is 1. The van der Waals surface area contributed by atoms with Crippen molar-refractivity contribution in [2.24, 2.45) is 0 Å². The zero-order valence-electron chi connectivity index (χ0n) is 13.1. The number of likely N-dealkylation sites (N-methyl/N-ethyl adjacent to an activating group) is 1. The fourth-order valence-electron chi connectivity index (χ4n) is 1.60. The van der Waals surface area contributed by atoms with Crippen LogP contribution in [0.2, 0.25) is 5.02 Å². The van der Waals surface area contributed by atoms with E-state index in [1.54, 1.807) is 0 Å². The number of carbonyl (C=O) groups excluding carboxylic acids is 2. The minimum absolute atomic E-state index is 0.000312. The number of sulfonamides is 1. The normalized spacial score (nSPS) is 10.8. The van der Waals surface area contributed by atoms with E-state index in [9.17, 15) is 18.0 Å². The van der Waals surface area contributed by atoms with E-state index in [1.165, 1.54) is 31.1 Å². The van der Waals surface area contributed by atoms with Crippen molar-refractivity contribution < 1.29 is 22.7 Å². The minimum Gasteiger partial charge on any atom is -0.452 e. The molecule has 10 heteroatoms. The molecule has 1 N–H and O–H groups in total. The predicted molar refractivity (Wildman–Crippen MR) is 85.8 cm³/mol. The van der Waals surface area contributed by atoms with Gasteiger partial charge in [0.05, 0.1) is 28.0 Å². The van der Waals surface area contributed by atoms with Gasteiger partial charge in [-0.05, 0) is 25.2 Å². The second-order valence-electron chi connectivity index (χ2n) is 4.65. The Morgan fingerprint density at radius 1 is 1.42 bits per heavy atom. The molecule has 1 amide bonds. The van der Waals surface area contributed by atoms with Crippen LogP contribution in [0.5, 0.6) is 0 Å².